The lowest BCUT2D eigenvalue weighted by Gasteiger charge is -2.30. The predicted octanol–water partition coefficient (Wildman–Crippen LogP) is 1.19. The minimum Gasteiger partial charge on any atom is -0.368 e. The van der Waals surface area contributed by atoms with Gasteiger partial charge in [0.25, 0.3) is 0 Å². The molecule has 17 heavy (non-hydrogen) atoms. The average molecular weight is 240 g/mol. The van der Waals surface area contributed by atoms with Crippen molar-refractivity contribution in [3.05, 3.63) is 0 Å². The number of amides is 1. The number of carbonyl (C=O) groups is 1. The van der Waals surface area contributed by atoms with Gasteiger partial charge < -0.3 is 15.8 Å². The molecule has 1 amide bonds. The highest BCUT2D eigenvalue weighted by Gasteiger charge is 2.29. The molecule has 1 aliphatic heterocycles. The highest BCUT2D eigenvalue weighted by Crippen LogP contribution is 2.26. The van der Waals surface area contributed by atoms with E-state index in [2.05, 4.69) is 5.32 Å². The van der Waals surface area contributed by atoms with Crippen molar-refractivity contribution in [2.45, 2.75) is 57.1 Å². The van der Waals surface area contributed by atoms with Crippen LogP contribution in [0.4, 0.5) is 0 Å². The second-order valence-electron chi connectivity index (χ2n) is 5.25. The van der Waals surface area contributed by atoms with Gasteiger partial charge in [0, 0.05) is 19.2 Å². The Kier molecular flexibility index (Phi) is 4.80. The van der Waals surface area contributed by atoms with Gasteiger partial charge in [-0.2, -0.15) is 0 Å². The molecule has 3 N–H and O–H groups in total. The van der Waals surface area contributed by atoms with Crippen LogP contribution in [0.3, 0.4) is 0 Å². The van der Waals surface area contributed by atoms with Gasteiger partial charge in [-0.25, -0.2) is 0 Å². The van der Waals surface area contributed by atoms with Crippen LogP contribution in [0.25, 0.3) is 0 Å². The molecule has 4 nitrogen and oxygen atoms in total. The topological polar surface area (TPSA) is 64.3 Å². The summed E-state index contributed by atoms with van der Waals surface area (Å²) in [6.45, 7) is 1.26. The molecule has 2 rings (SSSR count). The van der Waals surface area contributed by atoms with E-state index in [1.165, 1.54) is 32.1 Å². The van der Waals surface area contributed by atoms with E-state index in [4.69, 9.17) is 10.5 Å². The molecule has 2 atom stereocenters. The Hall–Kier alpha value is -0.610. The highest BCUT2D eigenvalue weighted by molar-refractivity contribution is 5.81. The molecule has 2 fully saturated rings. The first-order valence-corrected chi connectivity index (χ1v) is 6.93. The fourth-order valence-electron chi connectivity index (χ4n) is 2.97. The fraction of sp³-hybridized carbons (Fsp3) is 0.923. The molecule has 2 aliphatic rings. The maximum Gasteiger partial charge on any atom is 0.249 e. The van der Waals surface area contributed by atoms with Crippen molar-refractivity contribution in [2.24, 2.45) is 11.7 Å². The minimum absolute atomic E-state index is 0.0449. The Morgan fingerprint density at radius 2 is 2.00 bits per heavy atom. The standard InChI is InChI=1S/C13H24N2O2/c14-9-11(10-5-2-1-3-6-10)15-13(16)12-7-4-8-17-12/h10-12H,1-9,14H2,(H,15,16). The Morgan fingerprint density at radius 1 is 1.24 bits per heavy atom. The highest BCUT2D eigenvalue weighted by atomic mass is 16.5. The summed E-state index contributed by atoms with van der Waals surface area (Å²) < 4.78 is 5.39. The van der Waals surface area contributed by atoms with Crippen LogP contribution >= 0.6 is 0 Å². The summed E-state index contributed by atoms with van der Waals surface area (Å²) in [7, 11) is 0. The molecule has 1 saturated carbocycles. The summed E-state index contributed by atoms with van der Waals surface area (Å²) in [4.78, 5) is 12.0. The molecular weight excluding hydrogens is 216 g/mol. The molecule has 4 heteroatoms. The molecule has 0 aromatic heterocycles. The molecule has 0 bridgehead atoms. The van der Waals surface area contributed by atoms with Crippen LogP contribution in [0.2, 0.25) is 0 Å². The van der Waals surface area contributed by atoms with E-state index >= 15 is 0 Å². The van der Waals surface area contributed by atoms with Gasteiger partial charge in [0.05, 0.1) is 0 Å². The maximum atomic E-state index is 12.0. The fourth-order valence-corrected chi connectivity index (χ4v) is 2.97. The third-order valence-electron chi connectivity index (χ3n) is 4.02. The first-order valence-electron chi connectivity index (χ1n) is 6.93. The van der Waals surface area contributed by atoms with Gasteiger partial charge in [-0.05, 0) is 31.6 Å². The molecule has 98 valence electrons. The van der Waals surface area contributed by atoms with Crippen molar-refractivity contribution < 1.29 is 9.53 Å². The average Bonchev–Trinajstić information content (AvgIpc) is 2.90. The van der Waals surface area contributed by atoms with Gasteiger partial charge in [0.15, 0.2) is 0 Å². The van der Waals surface area contributed by atoms with Gasteiger partial charge in [0.2, 0.25) is 5.91 Å². The zero-order chi connectivity index (χ0) is 12.1. The number of carbonyl (C=O) groups excluding carboxylic acids is 1. The zero-order valence-corrected chi connectivity index (χ0v) is 10.5. The van der Waals surface area contributed by atoms with Crippen molar-refractivity contribution in [2.75, 3.05) is 13.2 Å². The SMILES string of the molecule is NCC(NC(=O)C1CCCO1)C1CCCCC1. The summed E-state index contributed by atoms with van der Waals surface area (Å²) in [6.07, 6.45) is 7.90. The van der Waals surface area contributed by atoms with Gasteiger partial charge in [-0.1, -0.05) is 19.3 Å². The predicted molar refractivity (Wildman–Crippen MR) is 66.5 cm³/mol. The first-order chi connectivity index (χ1) is 8.31. The molecular formula is C13H24N2O2. The molecule has 0 spiro atoms. The third-order valence-corrected chi connectivity index (χ3v) is 4.02. The van der Waals surface area contributed by atoms with Crippen LogP contribution in [-0.2, 0) is 9.53 Å². The summed E-state index contributed by atoms with van der Waals surface area (Å²) in [5.41, 5.74) is 5.80. The number of nitrogens with one attached hydrogen (secondary N) is 1. The largest absolute Gasteiger partial charge is 0.368 e. The van der Waals surface area contributed by atoms with E-state index < -0.39 is 0 Å². The van der Waals surface area contributed by atoms with E-state index in [1.54, 1.807) is 0 Å². The normalized spacial score (nSPS) is 27.9. The van der Waals surface area contributed by atoms with Gasteiger partial charge in [-0.15, -0.1) is 0 Å². The maximum absolute atomic E-state index is 12.0. The van der Waals surface area contributed by atoms with Crippen molar-refractivity contribution in [1.82, 2.24) is 5.32 Å². The lowest BCUT2D eigenvalue weighted by molar-refractivity contribution is -0.131. The number of hydrogen-bond acceptors (Lipinski definition) is 3. The minimum atomic E-state index is -0.229. The summed E-state index contributed by atoms with van der Waals surface area (Å²) in [5.74, 6) is 0.614. The molecule has 1 saturated heterocycles. The van der Waals surface area contributed by atoms with E-state index in [0.717, 1.165) is 19.4 Å². The van der Waals surface area contributed by atoms with Crippen molar-refractivity contribution >= 4 is 5.91 Å². The van der Waals surface area contributed by atoms with Crippen molar-refractivity contribution in [1.29, 1.82) is 0 Å². The lowest BCUT2D eigenvalue weighted by atomic mass is 9.84. The smallest absolute Gasteiger partial charge is 0.249 e. The summed E-state index contributed by atoms with van der Waals surface area (Å²) in [6, 6.07) is 0.145. The number of hydrogen-bond donors (Lipinski definition) is 2. The van der Waals surface area contributed by atoms with Crippen LogP contribution in [0.15, 0.2) is 0 Å². The Bertz CT molecular complexity index is 246. The number of ether oxygens (including phenoxy) is 1. The molecule has 2 unspecified atom stereocenters. The molecule has 0 radical (unpaired) electrons. The van der Waals surface area contributed by atoms with E-state index in [0.29, 0.717) is 12.5 Å². The third kappa shape index (κ3) is 3.42. The Labute approximate surface area is 103 Å². The van der Waals surface area contributed by atoms with Gasteiger partial charge >= 0.3 is 0 Å². The number of nitrogens with two attached hydrogens (primary N) is 1. The summed E-state index contributed by atoms with van der Waals surface area (Å²) in [5, 5.41) is 3.09. The van der Waals surface area contributed by atoms with Crippen LogP contribution in [0.1, 0.15) is 44.9 Å². The summed E-state index contributed by atoms with van der Waals surface area (Å²) >= 11 is 0. The van der Waals surface area contributed by atoms with Crippen LogP contribution in [-0.4, -0.2) is 31.2 Å². The number of rotatable bonds is 4. The van der Waals surface area contributed by atoms with Crippen LogP contribution in [0.5, 0.6) is 0 Å². The quantitative estimate of drug-likeness (QED) is 0.776. The Balaban J connectivity index is 1.82. The van der Waals surface area contributed by atoms with Crippen molar-refractivity contribution in [3.8, 4) is 0 Å². The molecule has 0 aromatic carbocycles. The monoisotopic (exact) mass is 240 g/mol. The molecule has 1 aliphatic carbocycles. The van der Waals surface area contributed by atoms with Crippen LogP contribution in [0, 0.1) is 5.92 Å². The van der Waals surface area contributed by atoms with Gasteiger partial charge in [-0.3, -0.25) is 4.79 Å². The second-order valence-corrected chi connectivity index (χ2v) is 5.25. The first kappa shape index (κ1) is 12.8. The molecule has 0 aromatic rings. The van der Waals surface area contributed by atoms with Crippen LogP contribution < -0.4 is 11.1 Å². The van der Waals surface area contributed by atoms with E-state index in [-0.39, 0.29) is 18.1 Å². The van der Waals surface area contributed by atoms with Crippen molar-refractivity contribution in [3.63, 3.8) is 0 Å². The van der Waals surface area contributed by atoms with Gasteiger partial charge in [0.1, 0.15) is 6.10 Å². The van der Waals surface area contributed by atoms with E-state index in [9.17, 15) is 4.79 Å². The Morgan fingerprint density at radius 3 is 2.59 bits per heavy atom. The van der Waals surface area contributed by atoms with E-state index in [1.807, 2.05) is 0 Å². The molecule has 1 heterocycles. The lowest BCUT2D eigenvalue weighted by Crippen LogP contribution is -2.49. The second kappa shape index (κ2) is 6.36. The zero-order valence-electron chi connectivity index (χ0n) is 10.5.